The quantitative estimate of drug-likeness (QED) is 0.573. The number of aromatic nitrogens is 2. The molecule has 1 N–H and O–H groups in total. The van der Waals surface area contributed by atoms with Crippen LogP contribution in [0.15, 0.2) is 66.2 Å². The Morgan fingerprint density at radius 2 is 1.96 bits per heavy atom. The van der Waals surface area contributed by atoms with Crippen molar-refractivity contribution in [3.8, 4) is 11.3 Å². The Labute approximate surface area is 149 Å². The van der Waals surface area contributed by atoms with Gasteiger partial charge in [-0.1, -0.05) is 42.0 Å². The van der Waals surface area contributed by atoms with Gasteiger partial charge in [0.2, 0.25) is 0 Å². The van der Waals surface area contributed by atoms with Crippen LogP contribution in [0.5, 0.6) is 0 Å². The molecule has 1 amide bonds. The van der Waals surface area contributed by atoms with Gasteiger partial charge in [0.1, 0.15) is 0 Å². The van der Waals surface area contributed by atoms with E-state index in [1.807, 2.05) is 41.8 Å². The van der Waals surface area contributed by atoms with Crippen molar-refractivity contribution in [1.82, 2.24) is 9.97 Å². The van der Waals surface area contributed by atoms with E-state index >= 15 is 0 Å². The monoisotopic (exact) mass is 345 g/mol. The summed E-state index contributed by atoms with van der Waals surface area (Å²) >= 11 is 1.39. The first kappa shape index (κ1) is 15.5. The van der Waals surface area contributed by atoms with Gasteiger partial charge in [-0.2, -0.15) is 0 Å². The van der Waals surface area contributed by atoms with E-state index < -0.39 is 0 Å². The molecule has 0 bridgehead atoms. The number of rotatable bonds is 3. The summed E-state index contributed by atoms with van der Waals surface area (Å²) in [5.74, 6) is -0.200. The first-order valence-corrected chi connectivity index (χ1v) is 8.76. The van der Waals surface area contributed by atoms with Gasteiger partial charge in [-0.3, -0.25) is 10.1 Å². The first-order chi connectivity index (χ1) is 12.2. The summed E-state index contributed by atoms with van der Waals surface area (Å²) in [5, 5.41) is 6.17. The highest BCUT2D eigenvalue weighted by Crippen LogP contribution is 2.24. The van der Waals surface area contributed by atoms with Crippen molar-refractivity contribution in [2.45, 2.75) is 6.92 Å². The van der Waals surface area contributed by atoms with Gasteiger partial charge in [0.15, 0.2) is 5.13 Å². The van der Waals surface area contributed by atoms with Crippen molar-refractivity contribution in [2.24, 2.45) is 0 Å². The zero-order valence-corrected chi connectivity index (χ0v) is 14.4. The summed E-state index contributed by atoms with van der Waals surface area (Å²) in [4.78, 5) is 21.5. The van der Waals surface area contributed by atoms with Crippen LogP contribution >= 0.6 is 11.3 Å². The second-order valence-electron chi connectivity index (χ2n) is 5.73. The zero-order chi connectivity index (χ0) is 17.2. The van der Waals surface area contributed by atoms with E-state index in [2.05, 4.69) is 29.4 Å². The number of para-hydroxylation sites is 1. The van der Waals surface area contributed by atoms with E-state index in [1.54, 1.807) is 12.3 Å². The number of carbonyl (C=O) groups is 1. The smallest absolute Gasteiger partial charge is 0.259 e. The molecule has 0 saturated carbocycles. The van der Waals surface area contributed by atoms with Gasteiger partial charge in [0, 0.05) is 22.5 Å². The summed E-state index contributed by atoms with van der Waals surface area (Å²) < 4.78 is 0. The molecule has 0 spiro atoms. The molecule has 2 aromatic heterocycles. The maximum absolute atomic E-state index is 12.6. The van der Waals surface area contributed by atoms with Crippen molar-refractivity contribution in [3.63, 3.8) is 0 Å². The lowest BCUT2D eigenvalue weighted by atomic mass is 10.0. The molecule has 122 valence electrons. The maximum atomic E-state index is 12.6. The molecule has 2 heterocycles. The van der Waals surface area contributed by atoms with Crippen molar-refractivity contribution in [2.75, 3.05) is 5.32 Å². The molecule has 0 aliphatic rings. The standard InChI is InChI=1S/C20H15N3OS/c1-13-4-2-6-15(12-13)17-9-8-14-5-3-7-16(18(14)22-17)19(24)23-20-21-10-11-25-20/h2-12H,1H3,(H,21,23,24). The van der Waals surface area contributed by atoms with Crippen LogP contribution in [0.25, 0.3) is 22.2 Å². The fourth-order valence-electron chi connectivity index (χ4n) is 2.75. The zero-order valence-electron chi connectivity index (χ0n) is 13.6. The summed E-state index contributed by atoms with van der Waals surface area (Å²) in [6.07, 6.45) is 1.66. The summed E-state index contributed by atoms with van der Waals surface area (Å²) in [6, 6.07) is 17.8. The molecule has 0 aliphatic heterocycles. The van der Waals surface area contributed by atoms with Gasteiger partial charge in [-0.05, 0) is 25.1 Å². The molecule has 0 radical (unpaired) electrons. The number of benzene rings is 2. The number of pyridine rings is 1. The van der Waals surface area contributed by atoms with E-state index in [9.17, 15) is 4.79 Å². The normalized spacial score (nSPS) is 10.8. The fraction of sp³-hybridized carbons (Fsp3) is 0.0500. The predicted molar refractivity (Wildman–Crippen MR) is 102 cm³/mol. The molecular formula is C20H15N3OS. The highest BCUT2D eigenvalue weighted by Gasteiger charge is 2.13. The summed E-state index contributed by atoms with van der Waals surface area (Å²) in [7, 11) is 0. The van der Waals surface area contributed by atoms with Crippen molar-refractivity contribution >= 4 is 33.3 Å². The van der Waals surface area contributed by atoms with E-state index in [1.165, 1.54) is 16.9 Å². The second kappa shape index (κ2) is 6.45. The molecular weight excluding hydrogens is 330 g/mol. The summed E-state index contributed by atoms with van der Waals surface area (Å²) in [6.45, 7) is 2.05. The Morgan fingerprint density at radius 3 is 2.76 bits per heavy atom. The van der Waals surface area contributed by atoms with Gasteiger partial charge >= 0.3 is 0 Å². The Hall–Kier alpha value is -3.05. The van der Waals surface area contributed by atoms with E-state index in [0.717, 1.165) is 16.6 Å². The van der Waals surface area contributed by atoms with E-state index in [-0.39, 0.29) is 5.91 Å². The van der Waals surface area contributed by atoms with E-state index in [0.29, 0.717) is 16.2 Å². The number of nitrogens with one attached hydrogen (secondary N) is 1. The van der Waals surface area contributed by atoms with Gasteiger partial charge in [0.05, 0.1) is 16.8 Å². The lowest BCUT2D eigenvalue weighted by molar-refractivity contribution is 0.102. The number of carbonyl (C=O) groups excluding carboxylic acids is 1. The number of fused-ring (bicyclic) bond motifs is 1. The third-order valence-corrected chi connectivity index (χ3v) is 4.62. The first-order valence-electron chi connectivity index (χ1n) is 7.88. The highest BCUT2D eigenvalue weighted by molar-refractivity contribution is 7.13. The molecule has 4 nitrogen and oxygen atoms in total. The van der Waals surface area contributed by atoms with Crippen molar-refractivity contribution in [3.05, 3.63) is 77.3 Å². The van der Waals surface area contributed by atoms with Gasteiger partial charge in [0.25, 0.3) is 5.91 Å². The molecule has 4 aromatic rings. The number of anilines is 1. The molecule has 0 atom stereocenters. The maximum Gasteiger partial charge on any atom is 0.259 e. The molecule has 0 fully saturated rings. The van der Waals surface area contributed by atoms with Crippen molar-refractivity contribution in [1.29, 1.82) is 0 Å². The van der Waals surface area contributed by atoms with Crippen LogP contribution < -0.4 is 5.32 Å². The Balaban J connectivity index is 1.79. The molecule has 5 heteroatoms. The Morgan fingerprint density at radius 1 is 1.08 bits per heavy atom. The average molecular weight is 345 g/mol. The SMILES string of the molecule is Cc1cccc(-c2ccc3cccc(C(=O)Nc4nccs4)c3n2)c1. The third kappa shape index (κ3) is 3.14. The number of thiazole rings is 1. The minimum absolute atomic E-state index is 0.200. The van der Waals surface area contributed by atoms with Crippen LogP contribution in [0.3, 0.4) is 0 Å². The number of hydrogen-bond donors (Lipinski definition) is 1. The third-order valence-electron chi connectivity index (χ3n) is 3.93. The van der Waals surface area contributed by atoms with Crippen LogP contribution in [-0.4, -0.2) is 15.9 Å². The molecule has 0 aliphatic carbocycles. The molecule has 0 unspecified atom stereocenters. The van der Waals surface area contributed by atoms with E-state index in [4.69, 9.17) is 4.98 Å². The molecule has 2 aromatic carbocycles. The van der Waals surface area contributed by atoms with Crippen LogP contribution in [0, 0.1) is 6.92 Å². The summed E-state index contributed by atoms with van der Waals surface area (Å²) in [5.41, 5.74) is 4.30. The topological polar surface area (TPSA) is 54.9 Å². The average Bonchev–Trinajstić information content (AvgIpc) is 3.13. The van der Waals surface area contributed by atoms with Crippen LogP contribution in [0.1, 0.15) is 15.9 Å². The number of nitrogens with zero attached hydrogens (tertiary/aromatic N) is 2. The van der Waals surface area contributed by atoms with Crippen LogP contribution in [-0.2, 0) is 0 Å². The molecule has 4 rings (SSSR count). The minimum Gasteiger partial charge on any atom is -0.298 e. The van der Waals surface area contributed by atoms with Crippen LogP contribution in [0.2, 0.25) is 0 Å². The minimum atomic E-state index is -0.200. The van der Waals surface area contributed by atoms with Gasteiger partial charge in [-0.15, -0.1) is 11.3 Å². The Kier molecular flexibility index (Phi) is 3.99. The highest BCUT2D eigenvalue weighted by atomic mass is 32.1. The lowest BCUT2D eigenvalue weighted by Crippen LogP contribution is -2.12. The number of hydrogen-bond acceptors (Lipinski definition) is 4. The van der Waals surface area contributed by atoms with Crippen molar-refractivity contribution < 1.29 is 4.79 Å². The number of amides is 1. The Bertz CT molecular complexity index is 1060. The number of aryl methyl sites for hydroxylation is 1. The van der Waals surface area contributed by atoms with Gasteiger partial charge in [-0.25, -0.2) is 9.97 Å². The molecule has 0 saturated heterocycles. The predicted octanol–water partition coefficient (Wildman–Crippen LogP) is 4.92. The second-order valence-corrected chi connectivity index (χ2v) is 6.63. The lowest BCUT2D eigenvalue weighted by Gasteiger charge is -2.08. The molecule has 25 heavy (non-hydrogen) atoms. The van der Waals surface area contributed by atoms with Gasteiger partial charge < -0.3 is 0 Å². The fourth-order valence-corrected chi connectivity index (χ4v) is 3.27. The largest absolute Gasteiger partial charge is 0.298 e. The van der Waals surface area contributed by atoms with Crippen LogP contribution in [0.4, 0.5) is 5.13 Å².